The van der Waals surface area contributed by atoms with Gasteiger partial charge in [-0.05, 0) is 31.9 Å². The van der Waals surface area contributed by atoms with Crippen LogP contribution in [0.3, 0.4) is 0 Å². The van der Waals surface area contributed by atoms with Crippen LogP contribution >= 0.6 is 11.8 Å². The van der Waals surface area contributed by atoms with Gasteiger partial charge in [-0.1, -0.05) is 0 Å². The Bertz CT molecular complexity index is 566. The number of nitrogens with one attached hydrogen (secondary N) is 1. The second-order valence-electron chi connectivity index (χ2n) is 5.42. The first-order valence-electron chi connectivity index (χ1n) is 6.99. The first-order valence-corrected chi connectivity index (χ1v) is 9.58. The van der Waals surface area contributed by atoms with E-state index in [2.05, 4.69) is 5.32 Å². The van der Waals surface area contributed by atoms with Crippen LogP contribution in [0.25, 0.3) is 0 Å². The maximum atomic E-state index is 12.6. The highest BCUT2D eigenvalue weighted by Crippen LogP contribution is 2.26. The lowest BCUT2D eigenvalue weighted by Crippen LogP contribution is -2.44. The molecule has 0 spiro atoms. The minimum atomic E-state index is -3.49. The molecule has 2 heterocycles. The van der Waals surface area contributed by atoms with E-state index in [9.17, 15) is 8.42 Å². The molecule has 0 amide bonds. The molecule has 1 atom stereocenters. The smallest absolute Gasteiger partial charge is 0.276 e. The third kappa shape index (κ3) is 3.05. The molecule has 1 aromatic rings. The van der Waals surface area contributed by atoms with Crippen LogP contribution < -0.4 is 5.32 Å². The van der Waals surface area contributed by atoms with Gasteiger partial charge in [-0.15, -0.1) is 0 Å². The number of hydrogen-bond acceptors (Lipinski definition) is 5. The normalized spacial score (nSPS) is 24.9. The molecule has 2 fully saturated rings. The van der Waals surface area contributed by atoms with Gasteiger partial charge in [-0.25, -0.2) is 8.42 Å². The van der Waals surface area contributed by atoms with Crippen molar-refractivity contribution in [2.45, 2.75) is 43.5 Å². The van der Waals surface area contributed by atoms with E-state index in [1.807, 2.05) is 6.92 Å². The van der Waals surface area contributed by atoms with E-state index in [1.165, 1.54) is 12.8 Å². The molecular weight excluding hydrogens is 296 g/mol. The number of furan rings is 1. The zero-order valence-corrected chi connectivity index (χ0v) is 13.2. The summed E-state index contributed by atoms with van der Waals surface area (Å²) in [4.78, 5) is 0. The molecule has 1 saturated carbocycles. The molecule has 3 rings (SSSR count). The summed E-state index contributed by atoms with van der Waals surface area (Å²) in [6.07, 6.45) is 2.41. The lowest BCUT2D eigenvalue weighted by atomic mass is 10.4. The average molecular weight is 316 g/mol. The van der Waals surface area contributed by atoms with Crippen molar-refractivity contribution in [2.75, 3.05) is 18.1 Å². The van der Waals surface area contributed by atoms with Crippen LogP contribution in [0.2, 0.25) is 0 Å². The van der Waals surface area contributed by atoms with E-state index in [0.717, 1.165) is 11.5 Å². The van der Waals surface area contributed by atoms with E-state index in [4.69, 9.17) is 4.42 Å². The molecule has 112 valence electrons. The molecular formula is C13H20N2O3S2. The van der Waals surface area contributed by atoms with Crippen LogP contribution in [0.1, 0.15) is 25.5 Å². The summed E-state index contributed by atoms with van der Waals surface area (Å²) >= 11 is 1.79. The van der Waals surface area contributed by atoms with Gasteiger partial charge in [0, 0.05) is 30.1 Å². The fourth-order valence-corrected chi connectivity index (χ4v) is 5.10. The third-order valence-electron chi connectivity index (χ3n) is 3.65. The molecule has 0 radical (unpaired) electrons. The highest BCUT2D eigenvalue weighted by atomic mass is 32.2. The summed E-state index contributed by atoms with van der Waals surface area (Å²) in [5.74, 6) is 2.38. The van der Waals surface area contributed by atoms with Crippen molar-refractivity contribution in [1.29, 1.82) is 0 Å². The van der Waals surface area contributed by atoms with Gasteiger partial charge in [0.2, 0.25) is 5.09 Å². The number of hydrogen-bond donors (Lipinski definition) is 1. The topological polar surface area (TPSA) is 62.6 Å². The van der Waals surface area contributed by atoms with Crippen LogP contribution in [0, 0.1) is 0 Å². The van der Waals surface area contributed by atoms with E-state index < -0.39 is 10.0 Å². The fraction of sp³-hybridized carbons (Fsp3) is 0.692. The van der Waals surface area contributed by atoms with Gasteiger partial charge in [0.1, 0.15) is 5.76 Å². The predicted molar refractivity (Wildman–Crippen MR) is 79.2 cm³/mol. The highest BCUT2D eigenvalue weighted by molar-refractivity contribution is 7.99. The highest BCUT2D eigenvalue weighted by Gasteiger charge is 2.33. The van der Waals surface area contributed by atoms with Crippen molar-refractivity contribution >= 4 is 21.8 Å². The van der Waals surface area contributed by atoms with Crippen LogP contribution in [-0.2, 0) is 16.6 Å². The van der Waals surface area contributed by atoms with Crippen molar-refractivity contribution in [2.24, 2.45) is 0 Å². The van der Waals surface area contributed by atoms with Crippen LogP contribution in [0.4, 0.5) is 0 Å². The average Bonchev–Trinajstić information content (AvgIpc) is 3.13. The monoisotopic (exact) mass is 316 g/mol. The Morgan fingerprint density at radius 1 is 1.45 bits per heavy atom. The Hall–Kier alpha value is -0.500. The van der Waals surface area contributed by atoms with Gasteiger partial charge in [0.15, 0.2) is 0 Å². The summed E-state index contributed by atoms with van der Waals surface area (Å²) in [5, 5.41) is 3.39. The Morgan fingerprint density at radius 3 is 2.95 bits per heavy atom. The van der Waals surface area contributed by atoms with Crippen molar-refractivity contribution < 1.29 is 12.8 Å². The van der Waals surface area contributed by atoms with Crippen molar-refractivity contribution in [3.05, 3.63) is 17.9 Å². The van der Waals surface area contributed by atoms with Crippen LogP contribution in [0.5, 0.6) is 0 Å². The molecule has 1 N–H and O–H groups in total. The summed E-state index contributed by atoms with van der Waals surface area (Å²) in [7, 11) is -3.49. The number of sulfonamides is 1. The van der Waals surface area contributed by atoms with Gasteiger partial charge in [0.05, 0.1) is 6.54 Å². The fourth-order valence-electron chi connectivity index (χ4n) is 2.31. The molecule has 7 heteroatoms. The Labute approximate surface area is 124 Å². The summed E-state index contributed by atoms with van der Waals surface area (Å²) < 4.78 is 32.2. The van der Waals surface area contributed by atoms with E-state index in [-0.39, 0.29) is 11.1 Å². The van der Waals surface area contributed by atoms with E-state index in [1.54, 1.807) is 28.2 Å². The zero-order chi connectivity index (χ0) is 14.2. The zero-order valence-electron chi connectivity index (χ0n) is 11.5. The van der Waals surface area contributed by atoms with Crippen LogP contribution in [-0.4, -0.2) is 42.9 Å². The molecule has 2 aliphatic rings. The molecule has 1 unspecified atom stereocenters. The second kappa shape index (κ2) is 5.71. The van der Waals surface area contributed by atoms with Crippen molar-refractivity contribution in [1.82, 2.24) is 9.62 Å². The number of nitrogens with zero attached hydrogens (tertiary/aromatic N) is 1. The van der Waals surface area contributed by atoms with Gasteiger partial charge in [0.25, 0.3) is 10.0 Å². The molecule has 1 saturated heterocycles. The molecule has 0 aromatic carbocycles. The second-order valence-corrected chi connectivity index (χ2v) is 8.39. The lowest BCUT2D eigenvalue weighted by Gasteiger charge is -2.30. The third-order valence-corrected chi connectivity index (χ3v) is 6.73. The molecule has 1 aliphatic heterocycles. The minimum Gasteiger partial charge on any atom is -0.447 e. The van der Waals surface area contributed by atoms with Gasteiger partial charge in [-0.3, -0.25) is 0 Å². The maximum Gasteiger partial charge on any atom is 0.276 e. The molecule has 0 bridgehead atoms. The molecule has 5 nitrogen and oxygen atoms in total. The Morgan fingerprint density at radius 2 is 2.25 bits per heavy atom. The van der Waals surface area contributed by atoms with Gasteiger partial charge >= 0.3 is 0 Å². The van der Waals surface area contributed by atoms with Gasteiger partial charge in [-0.2, -0.15) is 16.1 Å². The van der Waals surface area contributed by atoms with Gasteiger partial charge < -0.3 is 9.73 Å². The van der Waals surface area contributed by atoms with E-state index >= 15 is 0 Å². The lowest BCUT2D eigenvalue weighted by molar-refractivity contribution is 0.338. The standard InChI is InChI=1S/C13H20N2O3S2/c1-10-9-19-7-6-15(10)20(16,17)13-5-4-12(18-13)8-14-11-2-3-11/h4-5,10-11,14H,2-3,6-9H2,1H3. The SMILES string of the molecule is CC1CSCCN1S(=O)(=O)c1ccc(CNC2CC2)o1. The quantitative estimate of drug-likeness (QED) is 0.895. The summed E-state index contributed by atoms with van der Waals surface area (Å²) in [6.45, 7) is 3.11. The molecule has 1 aliphatic carbocycles. The summed E-state index contributed by atoms with van der Waals surface area (Å²) in [5.41, 5.74) is 0. The Kier molecular flexibility index (Phi) is 4.12. The summed E-state index contributed by atoms with van der Waals surface area (Å²) in [6, 6.07) is 3.94. The van der Waals surface area contributed by atoms with Crippen molar-refractivity contribution in [3.8, 4) is 0 Å². The number of rotatable bonds is 5. The molecule has 20 heavy (non-hydrogen) atoms. The van der Waals surface area contributed by atoms with Crippen molar-refractivity contribution in [3.63, 3.8) is 0 Å². The largest absolute Gasteiger partial charge is 0.447 e. The number of thioether (sulfide) groups is 1. The van der Waals surface area contributed by atoms with E-state index in [0.29, 0.717) is 24.9 Å². The Balaban J connectivity index is 1.72. The minimum absolute atomic E-state index is 0.0249. The predicted octanol–water partition coefficient (Wildman–Crippen LogP) is 1.66. The molecule has 1 aromatic heterocycles. The first-order chi connectivity index (χ1) is 9.57. The maximum absolute atomic E-state index is 12.6. The van der Waals surface area contributed by atoms with Crippen LogP contribution in [0.15, 0.2) is 21.6 Å². The first kappa shape index (κ1) is 14.4.